The van der Waals surface area contributed by atoms with Gasteiger partial charge in [0.05, 0.1) is 28.2 Å². The van der Waals surface area contributed by atoms with E-state index in [1.54, 1.807) is 19.1 Å². The standard InChI is InChI=1S/C20H21N5O4S/c1-14-6-8-18(15(2)11-14)23-30(28,29)20-12-16(25(26)27)7-9-19(20)22-21-13-17-5-4-10-24(17)3/h4-13,22-23H,1-3H3/b21-13+. The first kappa shape index (κ1) is 21.1. The van der Waals surface area contributed by atoms with E-state index in [1.165, 1.54) is 18.3 Å². The van der Waals surface area contributed by atoms with Crippen LogP contribution in [0.2, 0.25) is 0 Å². The van der Waals surface area contributed by atoms with Crippen LogP contribution in [-0.2, 0) is 17.1 Å². The van der Waals surface area contributed by atoms with E-state index in [2.05, 4.69) is 15.2 Å². The zero-order valence-electron chi connectivity index (χ0n) is 16.7. The molecular formula is C20H21N5O4S. The Hall–Kier alpha value is -3.66. The number of hydrazone groups is 1. The molecule has 0 aliphatic heterocycles. The minimum absolute atomic E-state index is 0.114. The van der Waals surface area contributed by atoms with Crippen molar-refractivity contribution < 1.29 is 13.3 Å². The molecule has 2 N–H and O–H groups in total. The summed E-state index contributed by atoms with van der Waals surface area (Å²) in [5, 5.41) is 15.3. The summed E-state index contributed by atoms with van der Waals surface area (Å²) in [6.45, 7) is 3.68. The molecule has 0 unspecified atom stereocenters. The van der Waals surface area contributed by atoms with Gasteiger partial charge < -0.3 is 4.57 Å². The van der Waals surface area contributed by atoms with Crippen molar-refractivity contribution in [3.63, 3.8) is 0 Å². The maximum absolute atomic E-state index is 13.1. The molecule has 3 rings (SSSR count). The first-order chi connectivity index (χ1) is 14.2. The molecule has 0 saturated carbocycles. The molecule has 1 aromatic heterocycles. The Kier molecular flexibility index (Phi) is 5.88. The summed E-state index contributed by atoms with van der Waals surface area (Å²) in [6, 6.07) is 12.5. The highest BCUT2D eigenvalue weighted by molar-refractivity contribution is 7.92. The summed E-state index contributed by atoms with van der Waals surface area (Å²) in [6.07, 6.45) is 3.37. The number of aryl methyl sites for hydroxylation is 3. The Morgan fingerprint density at radius 2 is 1.83 bits per heavy atom. The van der Waals surface area contributed by atoms with Crippen LogP contribution < -0.4 is 10.1 Å². The van der Waals surface area contributed by atoms with E-state index in [0.717, 1.165) is 22.9 Å². The molecule has 3 aromatic rings. The molecule has 0 aliphatic carbocycles. The molecule has 0 saturated heterocycles. The molecule has 10 heteroatoms. The monoisotopic (exact) mass is 427 g/mol. The fraction of sp³-hybridized carbons (Fsp3) is 0.150. The SMILES string of the molecule is Cc1ccc(NS(=O)(=O)c2cc([N+](=O)[O-])ccc2N/N=C/c2cccn2C)c(C)c1. The number of nitro groups is 1. The van der Waals surface area contributed by atoms with Gasteiger partial charge in [0, 0.05) is 25.4 Å². The normalized spacial score (nSPS) is 11.6. The van der Waals surface area contributed by atoms with Gasteiger partial charge in [-0.3, -0.25) is 20.3 Å². The Morgan fingerprint density at radius 1 is 1.10 bits per heavy atom. The summed E-state index contributed by atoms with van der Waals surface area (Å²) >= 11 is 0. The van der Waals surface area contributed by atoms with Gasteiger partial charge in [0.25, 0.3) is 15.7 Å². The second-order valence-electron chi connectivity index (χ2n) is 6.78. The number of hydrogen-bond acceptors (Lipinski definition) is 6. The van der Waals surface area contributed by atoms with Crippen LogP contribution in [0.3, 0.4) is 0 Å². The predicted octanol–water partition coefficient (Wildman–Crippen LogP) is 3.80. The van der Waals surface area contributed by atoms with Gasteiger partial charge in [-0.1, -0.05) is 17.7 Å². The van der Waals surface area contributed by atoms with Crippen LogP contribution in [0.25, 0.3) is 0 Å². The van der Waals surface area contributed by atoms with E-state index < -0.39 is 14.9 Å². The van der Waals surface area contributed by atoms with Crippen molar-refractivity contribution >= 4 is 33.3 Å². The topological polar surface area (TPSA) is 119 Å². The summed E-state index contributed by atoms with van der Waals surface area (Å²) < 4.78 is 30.4. The Bertz CT molecular complexity index is 1230. The van der Waals surface area contributed by atoms with Crippen LogP contribution in [-0.4, -0.2) is 24.1 Å². The molecule has 0 fully saturated rings. The van der Waals surface area contributed by atoms with Gasteiger partial charge >= 0.3 is 0 Å². The number of anilines is 2. The number of hydrogen-bond donors (Lipinski definition) is 2. The van der Waals surface area contributed by atoms with Crippen molar-refractivity contribution in [3.05, 3.63) is 81.7 Å². The van der Waals surface area contributed by atoms with Crippen molar-refractivity contribution in [1.82, 2.24) is 4.57 Å². The molecular weight excluding hydrogens is 406 g/mol. The molecule has 0 radical (unpaired) electrons. The largest absolute Gasteiger partial charge is 0.350 e. The fourth-order valence-corrected chi connectivity index (χ4v) is 4.15. The van der Waals surface area contributed by atoms with E-state index in [1.807, 2.05) is 42.9 Å². The zero-order chi connectivity index (χ0) is 21.9. The number of non-ortho nitro benzene ring substituents is 1. The van der Waals surface area contributed by atoms with E-state index in [4.69, 9.17) is 0 Å². The van der Waals surface area contributed by atoms with Gasteiger partial charge in [0.2, 0.25) is 0 Å². The first-order valence-corrected chi connectivity index (χ1v) is 10.4. The lowest BCUT2D eigenvalue weighted by molar-refractivity contribution is -0.385. The third kappa shape index (κ3) is 4.66. The second-order valence-corrected chi connectivity index (χ2v) is 8.43. The van der Waals surface area contributed by atoms with Crippen LogP contribution in [0.15, 0.2) is 64.7 Å². The average molecular weight is 427 g/mol. The van der Waals surface area contributed by atoms with Gasteiger partial charge in [-0.05, 0) is 43.7 Å². The van der Waals surface area contributed by atoms with Gasteiger partial charge in [-0.2, -0.15) is 5.10 Å². The summed E-state index contributed by atoms with van der Waals surface area (Å²) in [7, 11) is -2.28. The molecule has 0 aliphatic rings. The van der Waals surface area contributed by atoms with E-state index in [9.17, 15) is 18.5 Å². The molecule has 1 heterocycles. The molecule has 30 heavy (non-hydrogen) atoms. The van der Waals surface area contributed by atoms with Crippen LogP contribution in [0, 0.1) is 24.0 Å². The summed E-state index contributed by atoms with van der Waals surface area (Å²) in [4.78, 5) is 10.3. The first-order valence-electron chi connectivity index (χ1n) is 8.96. The number of rotatable bonds is 7. The highest BCUT2D eigenvalue weighted by Gasteiger charge is 2.23. The summed E-state index contributed by atoms with van der Waals surface area (Å²) in [5.41, 5.74) is 5.36. The van der Waals surface area contributed by atoms with Crippen molar-refractivity contribution in [2.45, 2.75) is 18.7 Å². The highest BCUT2D eigenvalue weighted by atomic mass is 32.2. The quantitative estimate of drug-likeness (QED) is 0.338. The Morgan fingerprint density at radius 3 is 2.47 bits per heavy atom. The van der Waals surface area contributed by atoms with Crippen molar-refractivity contribution in [2.75, 3.05) is 10.1 Å². The Balaban J connectivity index is 1.97. The fourth-order valence-electron chi connectivity index (χ4n) is 2.84. The number of sulfonamides is 1. The van der Waals surface area contributed by atoms with Gasteiger partial charge in [0.15, 0.2) is 0 Å². The average Bonchev–Trinajstić information content (AvgIpc) is 3.09. The van der Waals surface area contributed by atoms with E-state index >= 15 is 0 Å². The Labute approximate surface area is 174 Å². The van der Waals surface area contributed by atoms with E-state index in [-0.39, 0.29) is 16.3 Å². The van der Waals surface area contributed by atoms with Gasteiger partial charge in [-0.25, -0.2) is 8.42 Å². The molecule has 2 aromatic carbocycles. The van der Waals surface area contributed by atoms with Crippen LogP contribution in [0.5, 0.6) is 0 Å². The van der Waals surface area contributed by atoms with Gasteiger partial charge in [-0.15, -0.1) is 0 Å². The van der Waals surface area contributed by atoms with Crippen LogP contribution >= 0.6 is 0 Å². The minimum Gasteiger partial charge on any atom is -0.350 e. The smallest absolute Gasteiger partial charge is 0.270 e. The molecule has 0 amide bonds. The third-order valence-corrected chi connectivity index (χ3v) is 5.86. The number of nitro benzene ring substituents is 1. The van der Waals surface area contributed by atoms with Gasteiger partial charge in [0.1, 0.15) is 4.90 Å². The van der Waals surface area contributed by atoms with Crippen LogP contribution in [0.1, 0.15) is 16.8 Å². The number of nitrogens with zero attached hydrogens (tertiary/aromatic N) is 3. The number of benzene rings is 2. The van der Waals surface area contributed by atoms with Crippen LogP contribution in [0.4, 0.5) is 17.1 Å². The molecule has 156 valence electrons. The van der Waals surface area contributed by atoms with Crippen molar-refractivity contribution in [3.8, 4) is 0 Å². The lowest BCUT2D eigenvalue weighted by atomic mass is 10.1. The lowest BCUT2D eigenvalue weighted by Gasteiger charge is -2.14. The molecule has 9 nitrogen and oxygen atoms in total. The molecule has 0 atom stereocenters. The number of nitrogens with one attached hydrogen (secondary N) is 2. The molecule has 0 bridgehead atoms. The number of aromatic nitrogens is 1. The molecule has 0 spiro atoms. The van der Waals surface area contributed by atoms with Crippen molar-refractivity contribution in [2.24, 2.45) is 12.1 Å². The third-order valence-electron chi connectivity index (χ3n) is 4.46. The zero-order valence-corrected chi connectivity index (χ0v) is 17.5. The van der Waals surface area contributed by atoms with Crippen molar-refractivity contribution in [1.29, 1.82) is 0 Å². The predicted molar refractivity (Wildman–Crippen MR) is 116 cm³/mol. The lowest BCUT2D eigenvalue weighted by Crippen LogP contribution is -2.16. The highest BCUT2D eigenvalue weighted by Crippen LogP contribution is 2.29. The maximum atomic E-state index is 13.1. The second kappa shape index (κ2) is 8.37. The minimum atomic E-state index is -4.12. The van der Waals surface area contributed by atoms with E-state index in [0.29, 0.717) is 5.69 Å². The summed E-state index contributed by atoms with van der Waals surface area (Å²) in [5.74, 6) is 0. The maximum Gasteiger partial charge on any atom is 0.270 e.